The van der Waals surface area contributed by atoms with E-state index in [1.165, 1.54) is 23.8 Å². The van der Waals surface area contributed by atoms with Crippen LogP contribution in [0.5, 0.6) is 11.5 Å². The molecule has 0 aliphatic rings. The maximum atomic E-state index is 15.0. The van der Waals surface area contributed by atoms with E-state index in [4.69, 9.17) is 0 Å². The van der Waals surface area contributed by atoms with Crippen molar-refractivity contribution in [1.82, 2.24) is 0 Å². The van der Waals surface area contributed by atoms with E-state index >= 15 is 0 Å². The van der Waals surface area contributed by atoms with Gasteiger partial charge in [-0.1, -0.05) is 61.9 Å². The van der Waals surface area contributed by atoms with Gasteiger partial charge in [-0.2, -0.15) is 26.3 Å². The van der Waals surface area contributed by atoms with E-state index < -0.39 is 53.1 Å². The highest BCUT2D eigenvalue weighted by atomic mass is 19.3. The molecule has 0 radical (unpaired) electrons. The number of rotatable bonds is 10. The van der Waals surface area contributed by atoms with Crippen LogP contribution in [-0.4, -0.2) is 6.11 Å². The SMILES string of the molecule is CCCc1ccc(-c2ccc(-c3ccc(C(F)(F)Oc4ccc(OC(F)(F)C=C(F)F)c(F)c4)cc3)c(F)c2)cc1. The monoisotopic (exact) mass is 578 g/mol. The van der Waals surface area contributed by atoms with E-state index in [1.54, 1.807) is 12.1 Å². The van der Waals surface area contributed by atoms with Crippen molar-refractivity contribution in [2.24, 2.45) is 0 Å². The first-order chi connectivity index (χ1) is 19.4. The van der Waals surface area contributed by atoms with Crippen LogP contribution in [0.2, 0.25) is 0 Å². The predicted octanol–water partition coefficient (Wildman–Crippen LogP) is 10.1. The van der Waals surface area contributed by atoms with E-state index in [9.17, 15) is 35.1 Å². The van der Waals surface area contributed by atoms with Gasteiger partial charge in [0.15, 0.2) is 11.6 Å². The third kappa shape index (κ3) is 7.45. The molecule has 0 spiro atoms. The molecule has 0 aliphatic heterocycles. The van der Waals surface area contributed by atoms with Crippen LogP contribution in [0.25, 0.3) is 22.3 Å². The first-order valence-corrected chi connectivity index (χ1v) is 12.3. The summed E-state index contributed by atoms with van der Waals surface area (Å²) in [4.78, 5) is 0. The Kier molecular flexibility index (Phi) is 8.70. The minimum absolute atomic E-state index is 0.184. The molecule has 0 aromatic heterocycles. The summed E-state index contributed by atoms with van der Waals surface area (Å²) in [6.45, 7) is 2.08. The molecule has 0 saturated carbocycles. The number of hydrogen-bond acceptors (Lipinski definition) is 2. The summed E-state index contributed by atoms with van der Waals surface area (Å²) < 4.78 is 118. The van der Waals surface area contributed by atoms with Crippen molar-refractivity contribution in [3.8, 4) is 33.8 Å². The van der Waals surface area contributed by atoms with E-state index in [0.717, 1.165) is 30.5 Å². The molecule has 41 heavy (non-hydrogen) atoms. The molecule has 0 N–H and O–H groups in total. The Balaban J connectivity index is 1.47. The Bertz CT molecular complexity index is 1530. The fourth-order valence-corrected chi connectivity index (χ4v) is 4.06. The maximum absolute atomic E-state index is 15.0. The van der Waals surface area contributed by atoms with Gasteiger partial charge in [0.25, 0.3) is 6.08 Å². The third-order valence-electron chi connectivity index (χ3n) is 6.00. The lowest BCUT2D eigenvalue weighted by Gasteiger charge is -2.20. The van der Waals surface area contributed by atoms with Crippen molar-refractivity contribution in [2.75, 3.05) is 0 Å². The topological polar surface area (TPSA) is 18.5 Å². The first kappa shape index (κ1) is 29.6. The molecule has 0 unspecified atom stereocenters. The van der Waals surface area contributed by atoms with Gasteiger partial charge in [0.1, 0.15) is 11.6 Å². The molecule has 0 atom stereocenters. The number of hydrogen-bond donors (Lipinski definition) is 0. The van der Waals surface area contributed by atoms with Crippen LogP contribution in [0.15, 0.2) is 97.1 Å². The average Bonchev–Trinajstić information content (AvgIpc) is 2.90. The van der Waals surface area contributed by atoms with Crippen LogP contribution >= 0.6 is 0 Å². The summed E-state index contributed by atoms with van der Waals surface area (Å²) in [5, 5.41) is 0. The Morgan fingerprint density at radius 3 is 1.93 bits per heavy atom. The van der Waals surface area contributed by atoms with Crippen LogP contribution in [0, 0.1) is 11.6 Å². The predicted molar refractivity (Wildman–Crippen MR) is 138 cm³/mol. The third-order valence-corrected chi connectivity index (χ3v) is 6.00. The summed E-state index contributed by atoms with van der Waals surface area (Å²) in [5.41, 5.74) is 2.52. The number of halogens is 8. The van der Waals surface area contributed by atoms with Crippen molar-refractivity contribution >= 4 is 0 Å². The molecule has 4 aromatic rings. The fourth-order valence-electron chi connectivity index (χ4n) is 4.06. The molecule has 0 heterocycles. The van der Waals surface area contributed by atoms with Crippen molar-refractivity contribution in [3.05, 3.63) is 120 Å². The zero-order chi connectivity index (χ0) is 29.8. The lowest BCUT2D eigenvalue weighted by molar-refractivity contribution is -0.185. The van der Waals surface area contributed by atoms with E-state index in [0.29, 0.717) is 29.3 Å². The lowest BCUT2D eigenvalue weighted by Crippen LogP contribution is -2.23. The molecule has 0 aliphatic carbocycles. The molecule has 2 nitrogen and oxygen atoms in total. The first-order valence-electron chi connectivity index (χ1n) is 12.3. The Morgan fingerprint density at radius 1 is 0.707 bits per heavy atom. The molecule has 0 bridgehead atoms. The van der Waals surface area contributed by atoms with Crippen LogP contribution in [-0.2, 0) is 12.5 Å². The smallest absolute Gasteiger partial charge is 0.426 e. The average molecular weight is 578 g/mol. The molecular weight excluding hydrogens is 556 g/mol. The Labute approximate surface area is 230 Å². The van der Waals surface area contributed by atoms with Crippen LogP contribution in [0.4, 0.5) is 35.1 Å². The van der Waals surface area contributed by atoms with Gasteiger partial charge in [0.05, 0.1) is 11.6 Å². The number of ether oxygens (including phenoxy) is 2. The molecular formula is C31H22F8O2. The summed E-state index contributed by atoms with van der Waals surface area (Å²) >= 11 is 0. The number of alkyl halides is 4. The number of aryl methyl sites for hydroxylation is 1. The number of benzene rings is 4. The zero-order valence-electron chi connectivity index (χ0n) is 21.4. The van der Waals surface area contributed by atoms with Gasteiger partial charge in [0.2, 0.25) is 0 Å². The second-order valence-corrected chi connectivity index (χ2v) is 9.03. The summed E-state index contributed by atoms with van der Waals surface area (Å²) in [7, 11) is 0. The van der Waals surface area contributed by atoms with Gasteiger partial charge in [-0.3, -0.25) is 0 Å². The maximum Gasteiger partial charge on any atom is 0.426 e. The zero-order valence-corrected chi connectivity index (χ0v) is 21.4. The van der Waals surface area contributed by atoms with Crippen LogP contribution < -0.4 is 9.47 Å². The molecule has 214 valence electrons. The van der Waals surface area contributed by atoms with Gasteiger partial charge >= 0.3 is 12.2 Å². The summed E-state index contributed by atoms with van der Waals surface area (Å²) in [5.74, 6) is -4.00. The van der Waals surface area contributed by atoms with Gasteiger partial charge in [0, 0.05) is 11.6 Å². The van der Waals surface area contributed by atoms with E-state index in [2.05, 4.69) is 16.4 Å². The highest BCUT2D eigenvalue weighted by Gasteiger charge is 2.36. The van der Waals surface area contributed by atoms with Crippen molar-refractivity contribution in [3.63, 3.8) is 0 Å². The molecule has 4 aromatic carbocycles. The Hall–Kier alpha value is -4.34. The summed E-state index contributed by atoms with van der Waals surface area (Å²) in [6.07, 6.45) is -10.2. The van der Waals surface area contributed by atoms with Crippen molar-refractivity contribution in [1.29, 1.82) is 0 Å². The van der Waals surface area contributed by atoms with Crippen molar-refractivity contribution in [2.45, 2.75) is 32.0 Å². The van der Waals surface area contributed by atoms with Crippen LogP contribution in [0.3, 0.4) is 0 Å². The van der Waals surface area contributed by atoms with Crippen molar-refractivity contribution < 1.29 is 44.6 Å². The van der Waals surface area contributed by atoms with Gasteiger partial charge in [-0.05, 0) is 59.0 Å². The lowest BCUT2D eigenvalue weighted by atomic mass is 9.98. The minimum atomic E-state index is -4.53. The van der Waals surface area contributed by atoms with Crippen LogP contribution in [0.1, 0.15) is 24.5 Å². The standard InChI is InChI=1S/C31H22F8O2/c1-2-3-19-4-6-20(7-5-19)22-10-14-25(26(32)16-22)21-8-11-23(12-9-21)31(38,39)40-24-13-15-28(27(33)17-24)41-30(36,37)18-29(34)35/h4-18H,2-3H2,1H3. The molecule has 0 saturated heterocycles. The molecule has 0 amide bonds. The van der Waals surface area contributed by atoms with E-state index in [1.807, 2.05) is 24.3 Å². The van der Waals surface area contributed by atoms with Gasteiger partial charge < -0.3 is 9.47 Å². The highest BCUT2D eigenvalue weighted by Crippen LogP contribution is 2.36. The van der Waals surface area contributed by atoms with Gasteiger partial charge in [-0.25, -0.2) is 8.78 Å². The molecule has 0 fully saturated rings. The van der Waals surface area contributed by atoms with Gasteiger partial charge in [-0.15, -0.1) is 0 Å². The quantitative estimate of drug-likeness (QED) is 0.174. The molecule has 4 rings (SSSR count). The normalized spacial score (nSPS) is 11.7. The fraction of sp³-hybridized carbons (Fsp3) is 0.161. The second kappa shape index (κ2) is 12.0. The second-order valence-electron chi connectivity index (χ2n) is 9.03. The summed E-state index contributed by atoms with van der Waals surface area (Å²) in [6, 6.07) is 18.5. The minimum Gasteiger partial charge on any atom is -0.429 e. The largest absolute Gasteiger partial charge is 0.429 e. The van der Waals surface area contributed by atoms with E-state index in [-0.39, 0.29) is 5.56 Å². The molecule has 10 heteroatoms. The highest BCUT2D eigenvalue weighted by molar-refractivity contribution is 5.71. The Morgan fingerprint density at radius 2 is 1.34 bits per heavy atom.